The molecule has 0 aliphatic heterocycles. The molecule has 0 atom stereocenters. The Bertz CT molecular complexity index is 718. The smallest absolute Gasteiger partial charge is 0.224 e. The Morgan fingerprint density at radius 2 is 1.72 bits per heavy atom. The van der Waals surface area contributed by atoms with Gasteiger partial charge in [0.2, 0.25) is 5.28 Å². The Hall–Kier alpha value is -1.36. The van der Waals surface area contributed by atoms with E-state index in [1.807, 2.05) is 0 Å². The van der Waals surface area contributed by atoms with E-state index in [9.17, 15) is 0 Å². The second kappa shape index (κ2) is 4.39. The van der Waals surface area contributed by atoms with E-state index in [0.29, 0.717) is 21.4 Å². The van der Waals surface area contributed by atoms with Crippen molar-refractivity contribution in [2.45, 2.75) is 0 Å². The number of benzene rings is 1. The Labute approximate surface area is 117 Å². The quantitative estimate of drug-likeness (QED) is 0.642. The van der Waals surface area contributed by atoms with Gasteiger partial charge in [-0.15, -0.1) is 0 Å². The van der Waals surface area contributed by atoms with Crippen LogP contribution in [0.3, 0.4) is 0 Å². The van der Waals surface area contributed by atoms with Crippen molar-refractivity contribution in [1.29, 1.82) is 0 Å². The molecule has 7 heteroatoms. The number of halogens is 3. The fraction of sp³-hybridized carbons (Fsp3) is 0. The maximum atomic E-state index is 6.14. The summed E-state index contributed by atoms with van der Waals surface area (Å²) in [6.07, 6.45) is 3.23. The monoisotopic (exact) mass is 298 g/mol. The summed E-state index contributed by atoms with van der Waals surface area (Å²) >= 11 is 18.1. The van der Waals surface area contributed by atoms with Gasteiger partial charge in [0.15, 0.2) is 5.65 Å². The number of hydrogen-bond acceptors (Lipinski definition) is 3. The van der Waals surface area contributed by atoms with E-state index in [4.69, 9.17) is 34.8 Å². The van der Waals surface area contributed by atoms with Crippen LogP contribution in [0.15, 0.2) is 30.6 Å². The summed E-state index contributed by atoms with van der Waals surface area (Å²) < 4.78 is 1.55. The highest BCUT2D eigenvalue weighted by Gasteiger charge is 2.13. The van der Waals surface area contributed by atoms with Crippen LogP contribution in [0.25, 0.3) is 16.7 Å². The maximum Gasteiger partial charge on any atom is 0.224 e. The molecule has 0 saturated carbocycles. The topological polar surface area (TPSA) is 43.6 Å². The lowest BCUT2D eigenvalue weighted by Crippen LogP contribution is -2.00. The van der Waals surface area contributed by atoms with Gasteiger partial charge in [-0.3, -0.25) is 0 Å². The number of rotatable bonds is 1. The third-order valence-corrected chi connectivity index (χ3v) is 3.22. The lowest BCUT2D eigenvalue weighted by molar-refractivity contribution is 0.895. The highest BCUT2D eigenvalue weighted by Crippen LogP contribution is 2.29. The van der Waals surface area contributed by atoms with Crippen LogP contribution in [0.2, 0.25) is 15.3 Å². The number of para-hydroxylation sites is 1. The fourth-order valence-electron chi connectivity index (χ4n) is 1.65. The molecule has 90 valence electrons. The van der Waals surface area contributed by atoms with Gasteiger partial charge in [0.05, 0.1) is 21.6 Å². The SMILES string of the molecule is Clc1ncc2cnn(-c3c(Cl)cccc3Cl)c2n1. The van der Waals surface area contributed by atoms with Crippen molar-refractivity contribution < 1.29 is 0 Å². The first-order valence-corrected chi connectivity index (χ1v) is 6.11. The molecular formula is C11H5Cl3N4. The summed E-state index contributed by atoms with van der Waals surface area (Å²) in [6.45, 7) is 0. The van der Waals surface area contributed by atoms with Gasteiger partial charge in [-0.2, -0.15) is 10.1 Å². The molecule has 0 radical (unpaired) electrons. The molecule has 18 heavy (non-hydrogen) atoms. The van der Waals surface area contributed by atoms with Crippen LogP contribution < -0.4 is 0 Å². The fourth-order valence-corrected chi connectivity index (χ4v) is 2.34. The standard InChI is InChI=1S/C11H5Cl3N4/c12-7-2-1-3-8(13)9(7)18-10-6(5-16-18)4-15-11(14)17-10/h1-5H. The Morgan fingerprint density at radius 3 is 2.44 bits per heavy atom. The number of fused-ring (bicyclic) bond motifs is 1. The summed E-state index contributed by atoms with van der Waals surface area (Å²) in [5, 5.41) is 6.10. The van der Waals surface area contributed by atoms with Gasteiger partial charge in [-0.1, -0.05) is 29.3 Å². The molecule has 1 aromatic carbocycles. The zero-order valence-electron chi connectivity index (χ0n) is 8.81. The highest BCUT2D eigenvalue weighted by molar-refractivity contribution is 6.37. The molecule has 0 amide bonds. The minimum absolute atomic E-state index is 0.146. The minimum Gasteiger partial charge on any atom is -0.226 e. The van der Waals surface area contributed by atoms with E-state index in [2.05, 4.69) is 15.1 Å². The molecule has 2 heterocycles. The number of aromatic nitrogens is 4. The summed E-state index contributed by atoms with van der Waals surface area (Å²) in [5.41, 5.74) is 1.13. The van der Waals surface area contributed by atoms with E-state index < -0.39 is 0 Å². The predicted molar refractivity (Wildman–Crippen MR) is 71.7 cm³/mol. The molecule has 0 bridgehead atoms. The van der Waals surface area contributed by atoms with Gasteiger partial charge in [-0.05, 0) is 23.7 Å². The van der Waals surface area contributed by atoms with Crippen LogP contribution in [0.5, 0.6) is 0 Å². The molecule has 0 aliphatic rings. The second-order valence-corrected chi connectivity index (χ2v) is 4.70. The van der Waals surface area contributed by atoms with Crippen molar-refractivity contribution in [2.24, 2.45) is 0 Å². The first-order valence-electron chi connectivity index (χ1n) is 4.97. The first-order chi connectivity index (χ1) is 8.66. The molecular weight excluding hydrogens is 295 g/mol. The summed E-state index contributed by atoms with van der Waals surface area (Å²) in [5.74, 6) is 0. The Balaban J connectivity index is 2.35. The van der Waals surface area contributed by atoms with Crippen molar-refractivity contribution in [3.8, 4) is 5.69 Å². The van der Waals surface area contributed by atoms with Gasteiger partial charge in [0.25, 0.3) is 0 Å². The first kappa shape index (κ1) is 11.7. The average Bonchev–Trinajstić information content (AvgIpc) is 2.72. The van der Waals surface area contributed by atoms with Crippen LogP contribution in [-0.2, 0) is 0 Å². The molecule has 0 unspecified atom stereocenters. The molecule has 2 aromatic heterocycles. The Kier molecular flexibility index (Phi) is 2.86. The van der Waals surface area contributed by atoms with Crippen molar-refractivity contribution in [2.75, 3.05) is 0 Å². The summed E-state index contributed by atoms with van der Waals surface area (Å²) in [6, 6.07) is 5.24. The summed E-state index contributed by atoms with van der Waals surface area (Å²) in [4.78, 5) is 8.03. The van der Waals surface area contributed by atoms with Crippen molar-refractivity contribution in [3.63, 3.8) is 0 Å². The van der Waals surface area contributed by atoms with Crippen molar-refractivity contribution in [3.05, 3.63) is 45.9 Å². The van der Waals surface area contributed by atoms with Gasteiger partial charge in [0.1, 0.15) is 5.69 Å². The molecule has 3 aromatic rings. The molecule has 0 fully saturated rings. The molecule has 0 aliphatic carbocycles. The minimum atomic E-state index is 0.146. The van der Waals surface area contributed by atoms with E-state index in [1.54, 1.807) is 35.3 Å². The number of hydrogen-bond donors (Lipinski definition) is 0. The number of nitrogens with zero attached hydrogens (tertiary/aromatic N) is 4. The van der Waals surface area contributed by atoms with Crippen molar-refractivity contribution in [1.82, 2.24) is 19.7 Å². The zero-order valence-corrected chi connectivity index (χ0v) is 11.1. The summed E-state index contributed by atoms with van der Waals surface area (Å²) in [7, 11) is 0. The van der Waals surface area contributed by atoms with Gasteiger partial charge in [-0.25, -0.2) is 9.67 Å². The maximum absolute atomic E-state index is 6.14. The van der Waals surface area contributed by atoms with E-state index in [-0.39, 0.29) is 5.28 Å². The molecule has 0 spiro atoms. The lowest BCUT2D eigenvalue weighted by atomic mass is 10.3. The van der Waals surface area contributed by atoms with Crippen LogP contribution in [0.1, 0.15) is 0 Å². The molecule has 0 N–H and O–H groups in total. The average molecular weight is 300 g/mol. The molecule has 4 nitrogen and oxygen atoms in total. The van der Waals surface area contributed by atoms with Crippen LogP contribution in [0, 0.1) is 0 Å². The largest absolute Gasteiger partial charge is 0.226 e. The third kappa shape index (κ3) is 1.82. The predicted octanol–water partition coefficient (Wildman–Crippen LogP) is 3.78. The Morgan fingerprint density at radius 1 is 1.00 bits per heavy atom. The van der Waals surface area contributed by atoms with Crippen molar-refractivity contribution >= 4 is 45.8 Å². The van der Waals surface area contributed by atoms with Gasteiger partial charge < -0.3 is 0 Å². The molecule has 0 saturated heterocycles. The lowest BCUT2D eigenvalue weighted by Gasteiger charge is -2.07. The normalized spacial score (nSPS) is 11.1. The zero-order chi connectivity index (χ0) is 12.7. The van der Waals surface area contributed by atoms with Crippen LogP contribution in [0.4, 0.5) is 0 Å². The second-order valence-electron chi connectivity index (χ2n) is 3.54. The van der Waals surface area contributed by atoms with E-state index >= 15 is 0 Å². The van der Waals surface area contributed by atoms with E-state index in [0.717, 1.165) is 5.39 Å². The van der Waals surface area contributed by atoms with Crippen LogP contribution in [-0.4, -0.2) is 19.7 Å². The van der Waals surface area contributed by atoms with E-state index in [1.165, 1.54) is 0 Å². The highest BCUT2D eigenvalue weighted by atomic mass is 35.5. The molecule has 3 rings (SSSR count). The van der Waals surface area contributed by atoms with Crippen LogP contribution >= 0.6 is 34.8 Å². The third-order valence-electron chi connectivity index (χ3n) is 2.43. The van der Waals surface area contributed by atoms with Gasteiger partial charge >= 0.3 is 0 Å². The van der Waals surface area contributed by atoms with Gasteiger partial charge in [0, 0.05) is 6.20 Å².